The lowest BCUT2D eigenvalue weighted by atomic mass is 10.1. The van der Waals surface area contributed by atoms with E-state index in [1.807, 2.05) is 0 Å². The number of halogens is 2. The average Bonchev–Trinajstić information content (AvgIpc) is 2.85. The van der Waals surface area contributed by atoms with Crippen molar-refractivity contribution >= 4 is 33.4 Å². The lowest BCUT2D eigenvalue weighted by molar-refractivity contribution is 0.0950. The molecular weight excluding hydrogens is 320 g/mol. The lowest BCUT2D eigenvalue weighted by Crippen LogP contribution is -2.26. The molecule has 1 aliphatic rings. The zero-order valence-corrected chi connectivity index (χ0v) is 12.1. The van der Waals surface area contributed by atoms with Crippen molar-refractivity contribution in [3.63, 3.8) is 0 Å². The van der Waals surface area contributed by atoms with Crippen molar-refractivity contribution in [1.29, 1.82) is 0 Å². The molecule has 1 atom stereocenters. The fraction of sp³-hybridized carbons (Fsp3) is 0.500. The molecule has 2 rings (SSSR count). The van der Waals surface area contributed by atoms with Gasteiger partial charge in [-0.3, -0.25) is 4.79 Å². The van der Waals surface area contributed by atoms with E-state index >= 15 is 0 Å². The molecule has 0 bridgehead atoms. The van der Waals surface area contributed by atoms with Crippen LogP contribution in [0.15, 0.2) is 16.7 Å². The number of ether oxygens (including phenoxy) is 1. The van der Waals surface area contributed by atoms with E-state index in [-0.39, 0.29) is 11.1 Å². The molecule has 2 heterocycles. The molecule has 0 aliphatic carbocycles. The van der Waals surface area contributed by atoms with Gasteiger partial charge in [-0.15, -0.1) is 0 Å². The Hall–Kier alpha value is -0.650. The first-order chi connectivity index (χ1) is 8.66. The quantitative estimate of drug-likeness (QED) is 0.862. The normalized spacial score (nSPS) is 18.9. The summed E-state index contributed by atoms with van der Waals surface area (Å²) < 4.78 is 6.02. The first-order valence-electron chi connectivity index (χ1n) is 5.84. The van der Waals surface area contributed by atoms with Crippen LogP contribution in [0.3, 0.4) is 0 Å². The summed E-state index contributed by atoms with van der Waals surface area (Å²) in [6.45, 7) is 2.27. The predicted octanol–water partition coefficient (Wildman–Crippen LogP) is 2.65. The Balaban J connectivity index is 1.85. The van der Waals surface area contributed by atoms with Crippen LogP contribution in [0.25, 0.3) is 0 Å². The SMILES string of the molecule is O=C(NCCC1CCOC1)c1cc(Br)cnc1Cl. The van der Waals surface area contributed by atoms with Crippen LogP contribution in [0.5, 0.6) is 0 Å². The van der Waals surface area contributed by atoms with Crippen molar-refractivity contribution in [1.82, 2.24) is 10.3 Å². The molecule has 18 heavy (non-hydrogen) atoms. The molecule has 1 N–H and O–H groups in total. The summed E-state index contributed by atoms with van der Waals surface area (Å²) in [7, 11) is 0. The maximum atomic E-state index is 11.9. The van der Waals surface area contributed by atoms with Crippen LogP contribution in [0.1, 0.15) is 23.2 Å². The van der Waals surface area contributed by atoms with Crippen LogP contribution in [0, 0.1) is 5.92 Å². The number of nitrogens with one attached hydrogen (secondary N) is 1. The van der Waals surface area contributed by atoms with E-state index in [1.165, 1.54) is 0 Å². The number of hydrogen-bond acceptors (Lipinski definition) is 3. The molecule has 0 aromatic carbocycles. The van der Waals surface area contributed by atoms with E-state index in [2.05, 4.69) is 26.2 Å². The summed E-state index contributed by atoms with van der Waals surface area (Å²) in [4.78, 5) is 15.8. The number of nitrogens with zero attached hydrogens (tertiary/aromatic N) is 1. The fourth-order valence-electron chi connectivity index (χ4n) is 1.88. The highest BCUT2D eigenvalue weighted by Gasteiger charge is 2.16. The Morgan fingerprint density at radius 1 is 1.67 bits per heavy atom. The van der Waals surface area contributed by atoms with Gasteiger partial charge in [0.05, 0.1) is 5.56 Å². The molecule has 1 unspecified atom stereocenters. The molecular formula is C12H14BrClN2O2. The smallest absolute Gasteiger partial charge is 0.254 e. The first-order valence-corrected chi connectivity index (χ1v) is 7.01. The highest BCUT2D eigenvalue weighted by atomic mass is 79.9. The van der Waals surface area contributed by atoms with Crippen molar-refractivity contribution in [2.24, 2.45) is 5.92 Å². The van der Waals surface area contributed by atoms with Crippen molar-refractivity contribution in [2.45, 2.75) is 12.8 Å². The van der Waals surface area contributed by atoms with Gasteiger partial charge in [0.25, 0.3) is 5.91 Å². The monoisotopic (exact) mass is 332 g/mol. The summed E-state index contributed by atoms with van der Waals surface area (Å²) in [5.41, 5.74) is 0.397. The van der Waals surface area contributed by atoms with E-state index < -0.39 is 0 Å². The summed E-state index contributed by atoms with van der Waals surface area (Å²) in [6.07, 6.45) is 3.58. The number of amides is 1. The van der Waals surface area contributed by atoms with Gasteiger partial charge in [-0.25, -0.2) is 4.98 Å². The zero-order valence-electron chi connectivity index (χ0n) is 9.79. The molecule has 6 heteroatoms. The van der Waals surface area contributed by atoms with Crippen LogP contribution in [-0.2, 0) is 4.74 Å². The number of carbonyl (C=O) groups is 1. The molecule has 1 fully saturated rings. The van der Waals surface area contributed by atoms with Gasteiger partial charge in [0, 0.05) is 30.4 Å². The van der Waals surface area contributed by atoms with Crippen LogP contribution in [-0.4, -0.2) is 30.6 Å². The lowest BCUT2D eigenvalue weighted by Gasteiger charge is -2.09. The maximum absolute atomic E-state index is 11.9. The minimum absolute atomic E-state index is 0.187. The minimum atomic E-state index is -0.187. The summed E-state index contributed by atoms with van der Waals surface area (Å²) >= 11 is 9.15. The second-order valence-electron chi connectivity index (χ2n) is 4.27. The van der Waals surface area contributed by atoms with Gasteiger partial charge in [0.2, 0.25) is 0 Å². The largest absolute Gasteiger partial charge is 0.381 e. The molecule has 1 aromatic heterocycles. The Morgan fingerprint density at radius 2 is 2.50 bits per heavy atom. The third-order valence-electron chi connectivity index (χ3n) is 2.91. The highest BCUT2D eigenvalue weighted by Crippen LogP contribution is 2.18. The molecule has 0 radical (unpaired) electrons. The average molecular weight is 334 g/mol. The summed E-state index contributed by atoms with van der Waals surface area (Å²) in [5.74, 6) is 0.370. The summed E-state index contributed by atoms with van der Waals surface area (Å²) in [6, 6.07) is 1.67. The van der Waals surface area contributed by atoms with Gasteiger partial charge in [-0.05, 0) is 40.8 Å². The Labute approximate surface area is 119 Å². The van der Waals surface area contributed by atoms with Gasteiger partial charge >= 0.3 is 0 Å². The van der Waals surface area contributed by atoms with Gasteiger partial charge < -0.3 is 10.1 Å². The van der Waals surface area contributed by atoms with E-state index in [1.54, 1.807) is 12.3 Å². The molecule has 98 valence electrons. The maximum Gasteiger partial charge on any atom is 0.254 e. The molecule has 1 saturated heterocycles. The van der Waals surface area contributed by atoms with Crippen LogP contribution in [0.4, 0.5) is 0 Å². The Morgan fingerprint density at radius 3 is 3.22 bits per heavy atom. The second kappa shape index (κ2) is 6.50. The number of carbonyl (C=O) groups excluding carboxylic acids is 1. The van der Waals surface area contributed by atoms with Crippen molar-refractivity contribution in [2.75, 3.05) is 19.8 Å². The molecule has 4 nitrogen and oxygen atoms in total. The van der Waals surface area contributed by atoms with Crippen molar-refractivity contribution < 1.29 is 9.53 Å². The van der Waals surface area contributed by atoms with Gasteiger partial charge in [0.1, 0.15) is 5.15 Å². The van der Waals surface area contributed by atoms with Gasteiger partial charge in [-0.2, -0.15) is 0 Å². The van der Waals surface area contributed by atoms with Crippen molar-refractivity contribution in [3.8, 4) is 0 Å². The first kappa shape index (κ1) is 13.8. The van der Waals surface area contributed by atoms with Crippen LogP contribution in [0.2, 0.25) is 5.15 Å². The molecule has 1 aliphatic heterocycles. The third kappa shape index (κ3) is 3.67. The van der Waals surface area contributed by atoms with Crippen LogP contribution < -0.4 is 5.32 Å². The standard InChI is InChI=1S/C12H14BrClN2O2/c13-9-5-10(11(14)16-6-9)12(17)15-3-1-8-2-4-18-7-8/h5-6,8H,1-4,7H2,(H,15,17). The van der Waals surface area contributed by atoms with E-state index in [0.717, 1.165) is 30.5 Å². The van der Waals surface area contributed by atoms with E-state index in [9.17, 15) is 4.79 Å². The van der Waals surface area contributed by atoms with Crippen molar-refractivity contribution in [3.05, 3.63) is 27.5 Å². The third-order valence-corrected chi connectivity index (χ3v) is 3.65. The highest BCUT2D eigenvalue weighted by molar-refractivity contribution is 9.10. The van der Waals surface area contributed by atoms with E-state index in [0.29, 0.717) is 18.0 Å². The zero-order chi connectivity index (χ0) is 13.0. The molecule has 0 saturated carbocycles. The van der Waals surface area contributed by atoms with E-state index in [4.69, 9.17) is 16.3 Å². The van der Waals surface area contributed by atoms with Gasteiger partial charge in [0.15, 0.2) is 0 Å². The Bertz CT molecular complexity index is 436. The minimum Gasteiger partial charge on any atom is -0.381 e. The number of pyridine rings is 1. The Kier molecular flexibility index (Phi) is 4.97. The molecule has 0 spiro atoms. The number of aromatic nitrogens is 1. The van der Waals surface area contributed by atoms with Gasteiger partial charge in [-0.1, -0.05) is 11.6 Å². The second-order valence-corrected chi connectivity index (χ2v) is 5.54. The predicted molar refractivity (Wildman–Crippen MR) is 72.8 cm³/mol. The molecule has 1 amide bonds. The fourth-order valence-corrected chi connectivity index (χ4v) is 2.40. The molecule has 1 aromatic rings. The number of rotatable bonds is 4. The topological polar surface area (TPSA) is 51.2 Å². The van der Waals surface area contributed by atoms with Crippen LogP contribution >= 0.6 is 27.5 Å². The number of hydrogen-bond donors (Lipinski definition) is 1. The summed E-state index contributed by atoms with van der Waals surface area (Å²) in [5, 5.41) is 3.08.